The number of aryl methyl sites for hydroxylation is 1. The third-order valence-corrected chi connectivity index (χ3v) is 2.40. The van der Waals surface area contributed by atoms with Crippen molar-refractivity contribution in [3.63, 3.8) is 0 Å². The van der Waals surface area contributed by atoms with Crippen LogP contribution < -0.4 is 0 Å². The fourth-order valence-electron chi connectivity index (χ4n) is 1.31. The van der Waals surface area contributed by atoms with Crippen LogP contribution >= 0.6 is 11.6 Å². The lowest BCUT2D eigenvalue weighted by Gasteiger charge is -2.03. The van der Waals surface area contributed by atoms with Gasteiger partial charge in [-0.1, -0.05) is 23.4 Å². The van der Waals surface area contributed by atoms with Gasteiger partial charge in [0.1, 0.15) is 0 Å². The molecular weight excluding hydrogens is 200 g/mol. The highest BCUT2D eigenvalue weighted by Crippen LogP contribution is 2.23. The average Bonchev–Trinajstić information content (AvgIpc) is 2.57. The molecule has 2 rings (SSSR count). The van der Waals surface area contributed by atoms with E-state index in [0.29, 0.717) is 5.82 Å². The van der Waals surface area contributed by atoms with Crippen LogP contribution in [0.15, 0.2) is 22.7 Å². The second-order valence-corrected chi connectivity index (χ2v) is 3.44. The Morgan fingerprint density at radius 2 is 2.07 bits per heavy atom. The molecule has 0 radical (unpaired) electrons. The van der Waals surface area contributed by atoms with Crippen LogP contribution in [-0.2, 0) is 0 Å². The van der Waals surface area contributed by atoms with Gasteiger partial charge in [-0.05, 0) is 36.6 Å². The van der Waals surface area contributed by atoms with Crippen molar-refractivity contribution in [1.29, 1.82) is 0 Å². The Labute approximate surface area is 86.7 Å². The highest BCUT2D eigenvalue weighted by atomic mass is 35.5. The summed E-state index contributed by atoms with van der Waals surface area (Å²) in [5, 5.41) is 3.84. The second kappa shape index (κ2) is 3.42. The molecule has 14 heavy (non-hydrogen) atoms. The Hall–Kier alpha value is -1.35. The van der Waals surface area contributed by atoms with Crippen molar-refractivity contribution in [1.82, 2.24) is 10.1 Å². The quantitative estimate of drug-likeness (QED) is 0.723. The van der Waals surface area contributed by atoms with Crippen molar-refractivity contribution in [3.05, 3.63) is 34.7 Å². The van der Waals surface area contributed by atoms with Gasteiger partial charge in [0.05, 0.1) is 0 Å². The lowest BCUT2D eigenvalue weighted by atomic mass is 10.0. The molecule has 0 fully saturated rings. The van der Waals surface area contributed by atoms with Crippen LogP contribution in [0.5, 0.6) is 0 Å². The van der Waals surface area contributed by atoms with E-state index in [9.17, 15) is 0 Å². The highest BCUT2D eigenvalue weighted by molar-refractivity contribution is 6.27. The molecule has 0 saturated heterocycles. The van der Waals surface area contributed by atoms with Gasteiger partial charge in [-0.25, -0.2) is 0 Å². The van der Waals surface area contributed by atoms with Gasteiger partial charge in [-0.3, -0.25) is 0 Å². The van der Waals surface area contributed by atoms with E-state index in [1.807, 2.05) is 32.0 Å². The van der Waals surface area contributed by atoms with Crippen LogP contribution in [0, 0.1) is 13.8 Å². The van der Waals surface area contributed by atoms with E-state index in [1.54, 1.807) is 0 Å². The van der Waals surface area contributed by atoms with Crippen molar-refractivity contribution in [3.8, 4) is 11.4 Å². The Morgan fingerprint density at radius 1 is 1.29 bits per heavy atom. The third kappa shape index (κ3) is 1.51. The van der Waals surface area contributed by atoms with E-state index < -0.39 is 0 Å². The molecule has 1 aromatic carbocycles. The maximum absolute atomic E-state index is 5.56. The van der Waals surface area contributed by atoms with E-state index in [-0.39, 0.29) is 5.35 Å². The second-order valence-electron chi connectivity index (χ2n) is 3.12. The van der Waals surface area contributed by atoms with Crippen LogP contribution in [0.3, 0.4) is 0 Å². The number of hydrogen-bond donors (Lipinski definition) is 0. The van der Waals surface area contributed by atoms with Gasteiger partial charge in [0.15, 0.2) is 0 Å². The summed E-state index contributed by atoms with van der Waals surface area (Å²) in [7, 11) is 0. The molecule has 1 aromatic heterocycles. The van der Waals surface area contributed by atoms with E-state index in [0.717, 1.165) is 11.1 Å². The maximum atomic E-state index is 5.56. The SMILES string of the molecule is Cc1cccc(-c2noc(Cl)n2)c1C. The molecule has 0 aliphatic carbocycles. The summed E-state index contributed by atoms with van der Waals surface area (Å²) in [6, 6.07) is 5.95. The first-order valence-corrected chi connectivity index (χ1v) is 4.62. The van der Waals surface area contributed by atoms with Crippen molar-refractivity contribution < 1.29 is 4.52 Å². The monoisotopic (exact) mass is 208 g/mol. The zero-order chi connectivity index (χ0) is 10.1. The molecule has 0 atom stereocenters. The average molecular weight is 209 g/mol. The Bertz CT molecular complexity index is 465. The van der Waals surface area contributed by atoms with Crippen LogP contribution in [0.4, 0.5) is 0 Å². The molecular formula is C10H9ClN2O. The predicted octanol–water partition coefficient (Wildman–Crippen LogP) is 3.01. The lowest BCUT2D eigenvalue weighted by molar-refractivity contribution is 0.421. The van der Waals surface area contributed by atoms with Crippen LogP contribution in [-0.4, -0.2) is 10.1 Å². The summed E-state index contributed by atoms with van der Waals surface area (Å²) in [5.41, 5.74) is 3.30. The highest BCUT2D eigenvalue weighted by Gasteiger charge is 2.09. The summed E-state index contributed by atoms with van der Waals surface area (Å²) in [5.74, 6) is 0.538. The molecule has 0 bridgehead atoms. The summed E-state index contributed by atoms with van der Waals surface area (Å²) in [6.45, 7) is 4.06. The maximum Gasteiger partial charge on any atom is 0.320 e. The lowest BCUT2D eigenvalue weighted by Crippen LogP contribution is -1.88. The molecule has 0 aliphatic heterocycles. The van der Waals surface area contributed by atoms with Crippen LogP contribution in [0.2, 0.25) is 5.35 Å². The number of hydrogen-bond acceptors (Lipinski definition) is 3. The Morgan fingerprint density at radius 3 is 2.71 bits per heavy atom. The van der Waals surface area contributed by atoms with Gasteiger partial charge >= 0.3 is 5.35 Å². The predicted molar refractivity (Wildman–Crippen MR) is 54.2 cm³/mol. The van der Waals surface area contributed by atoms with E-state index in [4.69, 9.17) is 16.1 Å². The minimum absolute atomic E-state index is 0.0703. The third-order valence-electron chi connectivity index (χ3n) is 2.25. The largest absolute Gasteiger partial charge is 0.321 e. The zero-order valence-electron chi connectivity index (χ0n) is 7.91. The summed E-state index contributed by atoms with van der Waals surface area (Å²) in [4.78, 5) is 3.97. The van der Waals surface area contributed by atoms with Crippen molar-refractivity contribution in [2.45, 2.75) is 13.8 Å². The fourth-order valence-corrected chi connectivity index (χ4v) is 1.42. The first-order chi connectivity index (χ1) is 6.68. The summed E-state index contributed by atoms with van der Waals surface area (Å²) in [6.07, 6.45) is 0. The molecule has 1 heterocycles. The first-order valence-electron chi connectivity index (χ1n) is 4.24. The molecule has 4 heteroatoms. The molecule has 0 N–H and O–H groups in total. The smallest absolute Gasteiger partial charge is 0.320 e. The molecule has 0 spiro atoms. The van der Waals surface area contributed by atoms with Gasteiger partial charge in [-0.2, -0.15) is 4.98 Å². The molecule has 2 aromatic rings. The molecule has 0 unspecified atom stereocenters. The van der Waals surface area contributed by atoms with Crippen molar-refractivity contribution in [2.24, 2.45) is 0 Å². The van der Waals surface area contributed by atoms with Crippen LogP contribution in [0.25, 0.3) is 11.4 Å². The summed E-state index contributed by atoms with van der Waals surface area (Å²) < 4.78 is 4.72. The Kier molecular flexibility index (Phi) is 2.25. The standard InChI is InChI=1S/C10H9ClN2O/c1-6-4-3-5-8(7(6)2)9-12-10(11)14-13-9/h3-5H,1-2H3. The number of benzene rings is 1. The van der Waals surface area contributed by atoms with Crippen LogP contribution in [0.1, 0.15) is 11.1 Å². The number of nitrogens with zero attached hydrogens (tertiary/aromatic N) is 2. The van der Waals surface area contributed by atoms with Gasteiger partial charge in [0.25, 0.3) is 0 Å². The Balaban J connectivity index is 2.57. The minimum Gasteiger partial charge on any atom is -0.321 e. The van der Waals surface area contributed by atoms with Gasteiger partial charge < -0.3 is 4.52 Å². The molecule has 72 valence electrons. The first kappa shape index (κ1) is 9.21. The molecule has 0 aliphatic rings. The molecule has 0 amide bonds. The van der Waals surface area contributed by atoms with Crippen molar-refractivity contribution in [2.75, 3.05) is 0 Å². The summed E-state index contributed by atoms with van der Waals surface area (Å²) >= 11 is 5.56. The van der Waals surface area contributed by atoms with Gasteiger partial charge in [0.2, 0.25) is 5.82 Å². The number of aromatic nitrogens is 2. The molecule has 3 nitrogen and oxygen atoms in total. The van der Waals surface area contributed by atoms with Gasteiger partial charge in [0, 0.05) is 5.56 Å². The van der Waals surface area contributed by atoms with E-state index in [2.05, 4.69) is 10.1 Å². The zero-order valence-corrected chi connectivity index (χ0v) is 8.67. The van der Waals surface area contributed by atoms with E-state index in [1.165, 1.54) is 5.56 Å². The minimum atomic E-state index is 0.0703. The number of halogens is 1. The topological polar surface area (TPSA) is 38.9 Å². The number of rotatable bonds is 1. The molecule has 0 saturated carbocycles. The van der Waals surface area contributed by atoms with Gasteiger partial charge in [-0.15, -0.1) is 0 Å². The normalized spacial score (nSPS) is 10.5. The van der Waals surface area contributed by atoms with E-state index >= 15 is 0 Å². The fraction of sp³-hybridized carbons (Fsp3) is 0.200. The van der Waals surface area contributed by atoms with Crippen molar-refractivity contribution >= 4 is 11.6 Å².